The standard InChI is InChI=1S/C28H30N2O2/c31-19-26(14-20-6-2-1-3-7-20)29-28(32)21-10-12-27(13-11-21)30-17-24-15-22-8-4-5-9-23(22)16-25(24)18-30/h1-9,15-16,19,21,26-27H,10-14,17-18H2,(H,29,32). The average Bonchev–Trinajstić information content (AvgIpc) is 3.25. The Hall–Kier alpha value is -2.98. The lowest BCUT2D eigenvalue weighted by Crippen LogP contribution is -2.43. The van der Waals surface area contributed by atoms with Crippen LogP contribution in [0, 0.1) is 5.92 Å². The minimum atomic E-state index is -0.454. The lowest BCUT2D eigenvalue weighted by Gasteiger charge is -2.34. The Balaban J connectivity index is 1.15. The summed E-state index contributed by atoms with van der Waals surface area (Å²) in [5, 5.41) is 5.61. The van der Waals surface area contributed by atoms with Crippen molar-refractivity contribution >= 4 is 23.0 Å². The summed E-state index contributed by atoms with van der Waals surface area (Å²) in [6, 6.07) is 23.2. The summed E-state index contributed by atoms with van der Waals surface area (Å²) in [5.41, 5.74) is 3.95. The van der Waals surface area contributed by atoms with E-state index in [0.29, 0.717) is 12.5 Å². The number of nitrogens with zero attached hydrogens (tertiary/aromatic N) is 1. The Morgan fingerprint density at radius 1 is 0.906 bits per heavy atom. The van der Waals surface area contributed by atoms with E-state index in [9.17, 15) is 9.59 Å². The predicted molar refractivity (Wildman–Crippen MR) is 127 cm³/mol. The summed E-state index contributed by atoms with van der Waals surface area (Å²) in [4.78, 5) is 26.9. The summed E-state index contributed by atoms with van der Waals surface area (Å²) in [7, 11) is 0. The van der Waals surface area contributed by atoms with E-state index in [-0.39, 0.29) is 11.8 Å². The Morgan fingerprint density at radius 2 is 1.50 bits per heavy atom. The van der Waals surface area contributed by atoms with Crippen LogP contribution in [-0.4, -0.2) is 29.2 Å². The van der Waals surface area contributed by atoms with Gasteiger partial charge in [0.1, 0.15) is 6.29 Å². The van der Waals surface area contributed by atoms with Crippen molar-refractivity contribution in [2.45, 2.75) is 57.3 Å². The molecule has 0 bridgehead atoms. The van der Waals surface area contributed by atoms with E-state index < -0.39 is 6.04 Å². The second kappa shape index (κ2) is 9.25. The topological polar surface area (TPSA) is 49.4 Å². The monoisotopic (exact) mass is 426 g/mol. The lowest BCUT2D eigenvalue weighted by molar-refractivity contribution is -0.128. The fraction of sp³-hybridized carbons (Fsp3) is 0.357. The quantitative estimate of drug-likeness (QED) is 0.584. The van der Waals surface area contributed by atoms with Crippen LogP contribution in [0.3, 0.4) is 0 Å². The minimum Gasteiger partial charge on any atom is -0.346 e. The van der Waals surface area contributed by atoms with Crippen molar-refractivity contribution < 1.29 is 9.59 Å². The highest BCUT2D eigenvalue weighted by molar-refractivity contribution is 5.84. The summed E-state index contributed by atoms with van der Waals surface area (Å²) in [6.45, 7) is 2.01. The van der Waals surface area contributed by atoms with Gasteiger partial charge in [-0.2, -0.15) is 0 Å². The molecular weight excluding hydrogens is 396 g/mol. The fourth-order valence-electron chi connectivity index (χ4n) is 5.39. The summed E-state index contributed by atoms with van der Waals surface area (Å²) in [6.07, 6.45) is 5.27. The van der Waals surface area contributed by atoms with Gasteiger partial charge in [-0.05, 0) is 71.7 Å². The molecule has 0 spiro atoms. The van der Waals surface area contributed by atoms with Crippen molar-refractivity contribution in [1.82, 2.24) is 10.2 Å². The van der Waals surface area contributed by atoms with Gasteiger partial charge < -0.3 is 10.1 Å². The molecule has 4 nitrogen and oxygen atoms in total. The number of hydrogen-bond acceptors (Lipinski definition) is 3. The van der Waals surface area contributed by atoms with Crippen LogP contribution in [0.1, 0.15) is 42.4 Å². The number of aldehydes is 1. The van der Waals surface area contributed by atoms with Crippen molar-refractivity contribution in [2.24, 2.45) is 5.92 Å². The Morgan fingerprint density at radius 3 is 2.09 bits per heavy atom. The molecule has 0 saturated heterocycles. The third-order valence-corrected chi connectivity index (χ3v) is 7.19. The van der Waals surface area contributed by atoms with E-state index in [1.807, 2.05) is 30.3 Å². The molecule has 4 heteroatoms. The van der Waals surface area contributed by atoms with Crippen molar-refractivity contribution in [3.8, 4) is 0 Å². The first kappa shape index (κ1) is 20.9. The number of nitrogens with one attached hydrogen (secondary N) is 1. The number of benzene rings is 3. The molecule has 2 aliphatic rings. The zero-order valence-corrected chi connectivity index (χ0v) is 18.4. The number of rotatable bonds is 6. The Kier molecular flexibility index (Phi) is 6.04. The van der Waals surface area contributed by atoms with Crippen molar-refractivity contribution in [3.05, 3.63) is 83.4 Å². The number of hydrogen-bond donors (Lipinski definition) is 1. The molecule has 0 aromatic heterocycles. The second-order valence-corrected chi connectivity index (χ2v) is 9.32. The molecule has 3 aromatic rings. The first-order chi connectivity index (χ1) is 15.7. The van der Waals surface area contributed by atoms with E-state index in [1.165, 1.54) is 21.9 Å². The Labute approximate surface area is 189 Å². The minimum absolute atomic E-state index is 0.0111. The maximum Gasteiger partial charge on any atom is 0.223 e. The average molecular weight is 427 g/mol. The van der Waals surface area contributed by atoms with Crippen LogP contribution in [0.4, 0.5) is 0 Å². The first-order valence-corrected chi connectivity index (χ1v) is 11.7. The normalized spacial score (nSPS) is 21.8. The molecular formula is C28H30N2O2. The van der Waals surface area contributed by atoms with Gasteiger partial charge in [-0.3, -0.25) is 9.69 Å². The van der Waals surface area contributed by atoms with Crippen LogP contribution >= 0.6 is 0 Å². The van der Waals surface area contributed by atoms with Crippen LogP contribution < -0.4 is 5.32 Å². The molecule has 0 radical (unpaired) electrons. The van der Waals surface area contributed by atoms with Gasteiger partial charge in [-0.15, -0.1) is 0 Å². The molecule has 1 saturated carbocycles. The highest BCUT2D eigenvalue weighted by atomic mass is 16.2. The number of fused-ring (bicyclic) bond motifs is 2. The molecule has 1 heterocycles. The summed E-state index contributed by atoms with van der Waals surface area (Å²) >= 11 is 0. The highest BCUT2D eigenvalue weighted by Gasteiger charge is 2.32. The number of carbonyl (C=O) groups is 2. The van der Waals surface area contributed by atoms with E-state index in [2.05, 4.69) is 46.6 Å². The molecule has 1 N–H and O–H groups in total. The van der Waals surface area contributed by atoms with E-state index >= 15 is 0 Å². The second-order valence-electron chi connectivity index (χ2n) is 9.32. The van der Waals surface area contributed by atoms with Crippen LogP contribution in [0.15, 0.2) is 66.7 Å². The van der Waals surface area contributed by atoms with Crippen molar-refractivity contribution in [3.63, 3.8) is 0 Å². The zero-order chi connectivity index (χ0) is 21.9. The smallest absolute Gasteiger partial charge is 0.223 e. The lowest BCUT2D eigenvalue weighted by atomic mass is 9.84. The molecule has 1 aliphatic heterocycles. The first-order valence-electron chi connectivity index (χ1n) is 11.7. The molecule has 1 aliphatic carbocycles. The molecule has 3 aromatic carbocycles. The van der Waals surface area contributed by atoms with Gasteiger partial charge in [-0.1, -0.05) is 54.6 Å². The third-order valence-electron chi connectivity index (χ3n) is 7.19. The van der Waals surface area contributed by atoms with Crippen molar-refractivity contribution in [1.29, 1.82) is 0 Å². The van der Waals surface area contributed by atoms with E-state index in [1.54, 1.807) is 0 Å². The SMILES string of the molecule is O=CC(Cc1ccccc1)NC(=O)C1CCC(N2Cc3cc4ccccc4cc3C2)CC1. The molecule has 1 fully saturated rings. The highest BCUT2D eigenvalue weighted by Crippen LogP contribution is 2.34. The zero-order valence-electron chi connectivity index (χ0n) is 18.4. The summed E-state index contributed by atoms with van der Waals surface area (Å²) in [5.74, 6) is 0.0458. The molecule has 32 heavy (non-hydrogen) atoms. The largest absolute Gasteiger partial charge is 0.346 e. The van der Waals surface area contributed by atoms with E-state index in [0.717, 1.165) is 50.6 Å². The van der Waals surface area contributed by atoms with Gasteiger partial charge in [-0.25, -0.2) is 0 Å². The molecule has 1 amide bonds. The fourth-order valence-corrected chi connectivity index (χ4v) is 5.39. The summed E-state index contributed by atoms with van der Waals surface area (Å²) < 4.78 is 0. The van der Waals surface area contributed by atoms with Gasteiger partial charge >= 0.3 is 0 Å². The molecule has 5 rings (SSSR count). The van der Waals surface area contributed by atoms with Gasteiger partial charge in [0.05, 0.1) is 6.04 Å². The van der Waals surface area contributed by atoms with Crippen molar-refractivity contribution in [2.75, 3.05) is 0 Å². The third kappa shape index (κ3) is 4.46. The number of amides is 1. The maximum atomic E-state index is 12.8. The van der Waals surface area contributed by atoms with Crippen LogP contribution in [0.25, 0.3) is 10.8 Å². The van der Waals surface area contributed by atoms with Crippen LogP contribution in [-0.2, 0) is 29.1 Å². The maximum absolute atomic E-state index is 12.8. The van der Waals surface area contributed by atoms with Gasteiger partial charge in [0.15, 0.2) is 0 Å². The molecule has 164 valence electrons. The van der Waals surface area contributed by atoms with Crippen LogP contribution in [0.5, 0.6) is 0 Å². The Bertz CT molecular complexity index is 1060. The number of carbonyl (C=O) groups excluding carboxylic acids is 2. The van der Waals surface area contributed by atoms with E-state index in [4.69, 9.17) is 0 Å². The molecule has 1 atom stereocenters. The van der Waals surface area contributed by atoms with Gasteiger partial charge in [0.25, 0.3) is 0 Å². The van der Waals surface area contributed by atoms with Gasteiger partial charge in [0.2, 0.25) is 5.91 Å². The molecule has 1 unspecified atom stereocenters. The van der Waals surface area contributed by atoms with Gasteiger partial charge in [0, 0.05) is 25.0 Å². The predicted octanol–water partition coefficient (Wildman–Crippen LogP) is 4.64. The van der Waals surface area contributed by atoms with Crippen LogP contribution in [0.2, 0.25) is 0 Å².